The van der Waals surface area contributed by atoms with Gasteiger partial charge in [0.05, 0.1) is 12.3 Å². The van der Waals surface area contributed by atoms with Crippen LogP contribution in [0.2, 0.25) is 0 Å². The highest BCUT2D eigenvalue weighted by molar-refractivity contribution is 5.74. The Morgan fingerprint density at radius 2 is 2.39 bits per heavy atom. The van der Waals surface area contributed by atoms with Crippen molar-refractivity contribution in [3.63, 3.8) is 0 Å². The zero-order valence-electron chi connectivity index (χ0n) is 10.5. The van der Waals surface area contributed by atoms with E-state index in [4.69, 9.17) is 9.47 Å². The van der Waals surface area contributed by atoms with Crippen molar-refractivity contribution in [1.82, 2.24) is 4.90 Å². The molecule has 1 aliphatic rings. The second-order valence-electron chi connectivity index (χ2n) is 4.08. The number of ether oxygens (including phenoxy) is 2. The average molecular weight is 248 g/mol. The number of aliphatic imine (C=N–C) groups is 1. The molecule has 18 heavy (non-hydrogen) atoms. The monoisotopic (exact) mass is 248 g/mol. The van der Waals surface area contributed by atoms with E-state index < -0.39 is 0 Å². The molecule has 0 aromatic heterocycles. The van der Waals surface area contributed by atoms with Gasteiger partial charge in [0, 0.05) is 19.2 Å². The molecule has 5 heteroatoms. The molecule has 0 radical (unpaired) electrons. The quantitative estimate of drug-likeness (QED) is 0.764. The normalized spacial score (nSPS) is 13.1. The van der Waals surface area contributed by atoms with Crippen molar-refractivity contribution in [2.75, 3.05) is 13.7 Å². The van der Waals surface area contributed by atoms with Crippen LogP contribution in [0.5, 0.6) is 0 Å². The Labute approximate surface area is 106 Å². The third kappa shape index (κ3) is 2.80. The predicted molar refractivity (Wildman–Crippen MR) is 67.5 cm³/mol. The van der Waals surface area contributed by atoms with E-state index in [0.29, 0.717) is 25.8 Å². The number of carbonyl (C=O) groups is 1. The van der Waals surface area contributed by atoms with Gasteiger partial charge in [0.1, 0.15) is 6.61 Å². The minimum atomic E-state index is 0.322. The first-order valence-corrected chi connectivity index (χ1v) is 5.84. The number of rotatable bonds is 4. The number of benzene rings is 1. The Morgan fingerprint density at radius 1 is 1.56 bits per heavy atom. The molecule has 0 fully saturated rings. The number of fused-ring (bicyclic) bond motifs is 1. The van der Waals surface area contributed by atoms with E-state index in [9.17, 15) is 4.79 Å². The van der Waals surface area contributed by atoms with E-state index in [1.54, 1.807) is 11.9 Å². The lowest BCUT2D eigenvalue weighted by molar-refractivity contribution is -0.117. The molecule has 0 atom stereocenters. The summed E-state index contributed by atoms with van der Waals surface area (Å²) in [6.07, 6.45) is 1.13. The van der Waals surface area contributed by atoms with E-state index in [1.807, 2.05) is 25.1 Å². The van der Waals surface area contributed by atoms with Gasteiger partial charge in [-0.15, -0.1) is 0 Å². The topological polar surface area (TPSA) is 51.1 Å². The lowest BCUT2D eigenvalue weighted by Gasteiger charge is -2.18. The number of hydrogen-bond donors (Lipinski definition) is 0. The fraction of sp³-hybridized carbons (Fsp3) is 0.385. The maximum Gasteiger partial charge on any atom is 0.389 e. The first kappa shape index (κ1) is 12.4. The molecule has 1 amide bonds. The van der Waals surface area contributed by atoms with Crippen LogP contribution in [0.1, 0.15) is 18.1 Å². The van der Waals surface area contributed by atoms with Crippen molar-refractivity contribution in [1.29, 1.82) is 0 Å². The molecule has 0 spiro atoms. The van der Waals surface area contributed by atoms with Gasteiger partial charge in [-0.05, 0) is 24.6 Å². The van der Waals surface area contributed by atoms with Crippen LogP contribution in [0.25, 0.3) is 0 Å². The number of hydrogen-bond acceptors (Lipinski definition) is 4. The fourth-order valence-electron chi connectivity index (χ4n) is 1.75. The van der Waals surface area contributed by atoms with Gasteiger partial charge < -0.3 is 14.4 Å². The Bertz CT molecular complexity index is 471. The molecular formula is C13H16N2O3. The van der Waals surface area contributed by atoms with E-state index in [-0.39, 0.29) is 0 Å². The Kier molecular flexibility index (Phi) is 3.82. The predicted octanol–water partition coefficient (Wildman–Crippen LogP) is 1.83. The van der Waals surface area contributed by atoms with Crippen LogP contribution in [0.3, 0.4) is 0 Å². The summed E-state index contributed by atoms with van der Waals surface area (Å²) < 4.78 is 10.6. The maximum atomic E-state index is 10.6. The van der Waals surface area contributed by atoms with Gasteiger partial charge in [0.25, 0.3) is 0 Å². The molecule has 96 valence electrons. The third-order valence-corrected chi connectivity index (χ3v) is 2.59. The van der Waals surface area contributed by atoms with Crippen molar-refractivity contribution in [2.45, 2.75) is 20.1 Å². The molecule has 0 aliphatic carbocycles. The molecule has 0 saturated heterocycles. The van der Waals surface area contributed by atoms with Gasteiger partial charge >= 0.3 is 6.08 Å². The van der Waals surface area contributed by atoms with Crippen molar-refractivity contribution < 1.29 is 14.3 Å². The summed E-state index contributed by atoms with van der Waals surface area (Å²) in [7, 11) is 1.74. The third-order valence-electron chi connectivity index (χ3n) is 2.59. The van der Waals surface area contributed by atoms with Crippen LogP contribution in [-0.4, -0.2) is 31.0 Å². The summed E-state index contributed by atoms with van der Waals surface area (Å²) in [6, 6.07) is 5.88. The zero-order valence-corrected chi connectivity index (χ0v) is 10.5. The highest BCUT2D eigenvalue weighted by Gasteiger charge is 2.14. The van der Waals surface area contributed by atoms with Gasteiger partial charge in [-0.3, -0.25) is 4.79 Å². The second kappa shape index (κ2) is 5.53. The number of carbonyl (C=O) groups excluding carboxylic acids is 1. The Balaban J connectivity index is 2.17. The summed E-state index contributed by atoms with van der Waals surface area (Å²) in [5.74, 6) is 0. The zero-order chi connectivity index (χ0) is 13.0. The molecule has 1 aromatic carbocycles. The molecule has 0 unspecified atom stereocenters. The summed E-state index contributed by atoms with van der Waals surface area (Å²) in [4.78, 5) is 16.4. The van der Waals surface area contributed by atoms with E-state index in [1.165, 1.54) is 0 Å². The largest absolute Gasteiger partial charge is 0.451 e. The molecule has 0 N–H and O–H groups in total. The lowest BCUT2D eigenvalue weighted by Crippen LogP contribution is -2.16. The Hall–Kier alpha value is -2.04. The van der Waals surface area contributed by atoms with Crippen LogP contribution >= 0.6 is 0 Å². The summed E-state index contributed by atoms with van der Waals surface area (Å²) in [6.45, 7) is 3.46. The van der Waals surface area contributed by atoms with Crippen LogP contribution < -0.4 is 0 Å². The average Bonchev–Trinajstić information content (AvgIpc) is 2.39. The van der Waals surface area contributed by atoms with Gasteiger partial charge in [-0.1, -0.05) is 6.07 Å². The molecular weight excluding hydrogens is 232 g/mol. The fourth-order valence-corrected chi connectivity index (χ4v) is 1.75. The standard InChI is InChI=1S/C13H16N2O3/c1-3-17-13-14-12-5-4-10(7-15(2)9-16)6-11(12)8-18-13/h4-6,9H,3,7-8H2,1-2H3. The van der Waals surface area contributed by atoms with Crippen molar-refractivity contribution >= 4 is 18.2 Å². The number of amides is 1. The minimum Gasteiger partial charge on any atom is -0.451 e. The lowest BCUT2D eigenvalue weighted by atomic mass is 10.1. The van der Waals surface area contributed by atoms with Gasteiger partial charge in [0.2, 0.25) is 6.41 Å². The molecule has 0 bridgehead atoms. The summed E-state index contributed by atoms with van der Waals surface area (Å²) in [5, 5.41) is 0. The number of nitrogens with zero attached hydrogens (tertiary/aromatic N) is 2. The Morgan fingerprint density at radius 3 is 3.11 bits per heavy atom. The molecule has 1 aliphatic heterocycles. The van der Waals surface area contributed by atoms with Crippen LogP contribution in [0, 0.1) is 0 Å². The SMILES string of the molecule is CCOC1=Nc2ccc(CN(C)C=O)cc2CO1. The van der Waals surface area contributed by atoms with Gasteiger partial charge in [0.15, 0.2) is 0 Å². The van der Waals surface area contributed by atoms with E-state index in [2.05, 4.69) is 4.99 Å². The van der Waals surface area contributed by atoms with Crippen molar-refractivity contribution in [2.24, 2.45) is 4.99 Å². The van der Waals surface area contributed by atoms with Crippen molar-refractivity contribution in [3.8, 4) is 0 Å². The highest BCUT2D eigenvalue weighted by atomic mass is 16.7. The molecule has 2 rings (SSSR count). The molecule has 1 heterocycles. The van der Waals surface area contributed by atoms with E-state index >= 15 is 0 Å². The van der Waals surface area contributed by atoms with Crippen LogP contribution in [-0.2, 0) is 27.4 Å². The van der Waals surface area contributed by atoms with Crippen molar-refractivity contribution in [3.05, 3.63) is 29.3 Å². The molecule has 5 nitrogen and oxygen atoms in total. The maximum absolute atomic E-state index is 10.6. The van der Waals surface area contributed by atoms with Gasteiger partial charge in [-0.25, -0.2) is 0 Å². The highest BCUT2D eigenvalue weighted by Crippen LogP contribution is 2.26. The smallest absolute Gasteiger partial charge is 0.389 e. The summed E-state index contributed by atoms with van der Waals surface area (Å²) >= 11 is 0. The van der Waals surface area contributed by atoms with Crippen LogP contribution in [0.15, 0.2) is 23.2 Å². The minimum absolute atomic E-state index is 0.322. The molecule has 1 aromatic rings. The second-order valence-corrected chi connectivity index (χ2v) is 4.08. The first-order chi connectivity index (χ1) is 8.72. The van der Waals surface area contributed by atoms with Gasteiger partial charge in [-0.2, -0.15) is 4.99 Å². The van der Waals surface area contributed by atoms with E-state index in [0.717, 1.165) is 23.2 Å². The van der Waals surface area contributed by atoms with Crippen LogP contribution in [0.4, 0.5) is 5.69 Å². The first-order valence-electron chi connectivity index (χ1n) is 5.84. The molecule has 0 saturated carbocycles. The summed E-state index contributed by atoms with van der Waals surface area (Å²) in [5.41, 5.74) is 2.93.